The van der Waals surface area contributed by atoms with Gasteiger partial charge in [0.25, 0.3) is 0 Å². The van der Waals surface area contributed by atoms with Crippen LogP contribution >= 0.6 is 22.7 Å². The topological polar surface area (TPSA) is 21.3 Å². The van der Waals surface area contributed by atoms with Gasteiger partial charge in [-0.05, 0) is 37.0 Å². The second kappa shape index (κ2) is 6.36. The number of likely N-dealkylation sites (N-methyl/N-ethyl adjacent to an activating group) is 1. The van der Waals surface area contributed by atoms with Gasteiger partial charge in [0, 0.05) is 22.2 Å². The van der Waals surface area contributed by atoms with Gasteiger partial charge in [-0.25, -0.2) is 0 Å². The Labute approximate surface area is 117 Å². The van der Waals surface area contributed by atoms with Gasteiger partial charge in [-0.1, -0.05) is 6.92 Å². The lowest BCUT2D eigenvalue weighted by Crippen LogP contribution is -2.17. The molecule has 0 radical (unpaired) electrons. The third kappa shape index (κ3) is 2.94. The summed E-state index contributed by atoms with van der Waals surface area (Å²) in [6.07, 6.45) is 2.15. The van der Waals surface area contributed by atoms with Crippen molar-refractivity contribution in [3.63, 3.8) is 0 Å². The van der Waals surface area contributed by atoms with E-state index in [4.69, 9.17) is 4.74 Å². The van der Waals surface area contributed by atoms with Crippen molar-refractivity contribution in [2.75, 3.05) is 14.2 Å². The van der Waals surface area contributed by atoms with E-state index in [0.717, 1.165) is 18.6 Å². The smallest absolute Gasteiger partial charge is 0.134 e. The van der Waals surface area contributed by atoms with Crippen LogP contribution in [0.5, 0.6) is 5.75 Å². The summed E-state index contributed by atoms with van der Waals surface area (Å²) in [5, 5.41) is 5.48. The molecule has 0 bridgehead atoms. The Bertz CT molecular complexity index is 489. The van der Waals surface area contributed by atoms with E-state index in [0.29, 0.717) is 6.04 Å². The zero-order valence-corrected chi connectivity index (χ0v) is 12.7. The van der Waals surface area contributed by atoms with Crippen LogP contribution < -0.4 is 10.1 Å². The molecule has 0 aliphatic carbocycles. The van der Waals surface area contributed by atoms with Crippen molar-refractivity contribution >= 4 is 22.7 Å². The first kappa shape index (κ1) is 13.6. The second-order valence-corrected chi connectivity index (χ2v) is 6.32. The van der Waals surface area contributed by atoms with E-state index in [1.165, 1.54) is 14.6 Å². The van der Waals surface area contributed by atoms with Crippen molar-refractivity contribution in [2.24, 2.45) is 0 Å². The average molecular weight is 281 g/mol. The van der Waals surface area contributed by atoms with Crippen molar-refractivity contribution in [1.29, 1.82) is 0 Å². The first-order valence-corrected chi connectivity index (χ1v) is 7.84. The molecule has 0 fully saturated rings. The minimum Gasteiger partial charge on any atom is -0.496 e. The highest BCUT2D eigenvalue weighted by molar-refractivity contribution is 7.12. The van der Waals surface area contributed by atoms with Crippen LogP contribution in [0.4, 0.5) is 0 Å². The Balaban J connectivity index is 2.14. The van der Waals surface area contributed by atoms with E-state index < -0.39 is 0 Å². The van der Waals surface area contributed by atoms with E-state index in [2.05, 4.69) is 29.8 Å². The molecule has 2 heterocycles. The molecule has 1 atom stereocenters. The highest BCUT2D eigenvalue weighted by Gasteiger charge is 2.17. The molecule has 2 aromatic heterocycles. The monoisotopic (exact) mass is 281 g/mol. The predicted octanol–water partition coefficient (Wildman–Crippen LogP) is 3.88. The summed E-state index contributed by atoms with van der Waals surface area (Å²) >= 11 is 3.67. The number of methoxy groups -OCH3 is 1. The van der Waals surface area contributed by atoms with Gasteiger partial charge in [-0.3, -0.25) is 0 Å². The summed E-state index contributed by atoms with van der Waals surface area (Å²) in [6, 6.07) is 6.85. The molecule has 0 spiro atoms. The number of hydrogen-bond donors (Lipinski definition) is 1. The largest absolute Gasteiger partial charge is 0.496 e. The van der Waals surface area contributed by atoms with Crippen LogP contribution in [0, 0.1) is 0 Å². The summed E-state index contributed by atoms with van der Waals surface area (Å²) in [4.78, 5) is 4.17. The predicted molar refractivity (Wildman–Crippen MR) is 80.1 cm³/mol. The van der Waals surface area contributed by atoms with Crippen molar-refractivity contribution in [2.45, 2.75) is 25.8 Å². The molecular weight excluding hydrogens is 262 g/mol. The Morgan fingerprint density at radius 1 is 1.28 bits per heavy atom. The van der Waals surface area contributed by atoms with Gasteiger partial charge >= 0.3 is 0 Å². The zero-order valence-electron chi connectivity index (χ0n) is 11.0. The summed E-state index contributed by atoms with van der Waals surface area (Å²) in [6.45, 7) is 2.20. The van der Waals surface area contributed by atoms with Gasteiger partial charge in [0.15, 0.2) is 0 Å². The Morgan fingerprint density at radius 3 is 2.67 bits per heavy atom. The van der Waals surface area contributed by atoms with Crippen molar-refractivity contribution in [3.05, 3.63) is 38.2 Å². The maximum Gasteiger partial charge on any atom is 0.134 e. The summed E-state index contributed by atoms with van der Waals surface area (Å²) in [7, 11) is 3.75. The van der Waals surface area contributed by atoms with Crippen LogP contribution in [0.1, 0.15) is 27.6 Å². The fourth-order valence-electron chi connectivity index (χ4n) is 1.98. The summed E-state index contributed by atoms with van der Waals surface area (Å²) < 4.78 is 5.41. The standard InChI is InChI=1S/C14H19NOS2/c1-4-10-5-6-11(18-10)9-12(15-2)14-13(16-3)7-8-17-14/h5-8,12,15H,4,9H2,1-3H3. The summed E-state index contributed by atoms with van der Waals surface area (Å²) in [5.74, 6) is 0.992. The SMILES string of the molecule is CCc1ccc(CC(NC)c2sccc2OC)s1. The van der Waals surface area contributed by atoms with Crippen LogP contribution in [0.3, 0.4) is 0 Å². The van der Waals surface area contributed by atoms with Crippen molar-refractivity contribution < 1.29 is 4.74 Å². The molecule has 0 saturated heterocycles. The van der Waals surface area contributed by atoms with Crippen molar-refractivity contribution in [1.82, 2.24) is 5.32 Å². The number of aryl methyl sites for hydroxylation is 1. The summed E-state index contributed by atoms with van der Waals surface area (Å²) in [5.41, 5.74) is 0. The number of ether oxygens (including phenoxy) is 1. The molecule has 0 aliphatic rings. The maximum absolute atomic E-state index is 5.41. The molecule has 0 amide bonds. The molecule has 98 valence electrons. The molecular formula is C14H19NOS2. The first-order chi connectivity index (χ1) is 8.78. The fraction of sp³-hybridized carbons (Fsp3) is 0.429. The van der Waals surface area contributed by atoms with Gasteiger partial charge in [-0.15, -0.1) is 22.7 Å². The molecule has 2 rings (SSSR count). The third-order valence-electron chi connectivity index (χ3n) is 3.01. The highest BCUT2D eigenvalue weighted by Crippen LogP contribution is 2.33. The number of rotatable bonds is 6. The number of thiophene rings is 2. The van der Waals surface area contributed by atoms with E-state index in [-0.39, 0.29) is 0 Å². The first-order valence-electron chi connectivity index (χ1n) is 6.14. The molecule has 18 heavy (non-hydrogen) atoms. The average Bonchev–Trinajstić information content (AvgIpc) is 3.04. The third-order valence-corrected chi connectivity index (χ3v) is 5.28. The maximum atomic E-state index is 5.41. The molecule has 0 saturated carbocycles. The van der Waals surface area contributed by atoms with Crippen LogP contribution in [0.2, 0.25) is 0 Å². The van der Waals surface area contributed by atoms with Gasteiger partial charge < -0.3 is 10.1 Å². The van der Waals surface area contributed by atoms with Crippen LogP contribution in [0.15, 0.2) is 23.6 Å². The van der Waals surface area contributed by atoms with Crippen LogP contribution in [-0.4, -0.2) is 14.2 Å². The van der Waals surface area contributed by atoms with E-state index >= 15 is 0 Å². The Kier molecular flexibility index (Phi) is 4.80. The molecule has 2 aromatic rings. The molecule has 1 unspecified atom stereocenters. The van der Waals surface area contributed by atoms with Gasteiger partial charge in [0.05, 0.1) is 12.0 Å². The van der Waals surface area contributed by atoms with Crippen LogP contribution in [0.25, 0.3) is 0 Å². The van der Waals surface area contributed by atoms with Gasteiger partial charge in [0.2, 0.25) is 0 Å². The van der Waals surface area contributed by atoms with Crippen molar-refractivity contribution in [3.8, 4) is 5.75 Å². The van der Waals surface area contributed by atoms with E-state index in [1.54, 1.807) is 18.4 Å². The minimum atomic E-state index is 0.336. The van der Waals surface area contributed by atoms with E-state index in [9.17, 15) is 0 Å². The quantitative estimate of drug-likeness (QED) is 0.867. The fourth-order valence-corrected chi connectivity index (χ4v) is 3.96. The molecule has 0 aliphatic heterocycles. The van der Waals surface area contributed by atoms with Gasteiger partial charge in [0.1, 0.15) is 5.75 Å². The van der Waals surface area contributed by atoms with Gasteiger partial charge in [-0.2, -0.15) is 0 Å². The molecule has 1 N–H and O–H groups in total. The minimum absolute atomic E-state index is 0.336. The zero-order chi connectivity index (χ0) is 13.0. The Morgan fingerprint density at radius 2 is 2.06 bits per heavy atom. The lowest BCUT2D eigenvalue weighted by atomic mass is 10.1. The number of nitrogens with one attached hydrogen (secondary N) is 1. The lowest BCUT2D eigenvalue weighted by molar-refractivity contribution is 0.405. The lowest BCUT2D eigenvalue weighted by Gasteiger charge is -2.15. The second-order valence-electron chi connectivity index (χ2n) is 4.12. The molecule has 4 heteroatoms. The van der Waals surface area contributed by atoms with E-state index in [1.807, 2.05) is 24.5 Å². The normalized spacial score (nSPS) is 12.6. The van der Waals surface area contributed by atoms with Crippen LogP contribution in [-0.2, 0) is 12.8 Å². The number of hydrogen-bond acceptors (Lipinski definition) is 4. The highest BCUT2D eigenvalue weighted by atomic mass is 32.1. The molecule has 2 nitrogen and oxygen atoms in total. The Hall–Kier alpha value is -0.840. The molecule has 0 aromatic carbocycles.